The van der Waals surface area contributed by atoms with Crippen LogP contribution in [0.1, 0.15) is 265 Å². The van der Waals surface area contributed by atoms with Crippen molar-refractivity contribution in [3.63, 3.8) is 0 Å². The quantitative estimate of drug-likeness (QED) is 0.0262. The van der Waals surface area contributed by atoms with Gasteiger partial charge in [0.1, 0.15) is 13.2 Å². The molecule has 6 heteroatoms. The highest BCUT2D eigenvalue weighted by Gasteiger charge is 2.19. The van der Waals surface area contributed by atoms with Gasteiger partial charge in [0.2, 0.25) is 0 Å². The van der Waals surface area contributed by atoms with Gasteiger partial charge in [0.05, 0.1) is 0 Å². The molecule has 0 rings (SSSR count). The van der Waals surface area contributed by atoms with Crippen LogP contribution in [0.15, 0.2) is 60.8 Å². The monoisotopic (exact) mass is 881 g/mol. The Hall–Kier alpha value is -2.89. The second kappa shape index (κ2) is 51.7. The SMILES string of the molecule is CC/C=C\C/C=C\C/C=C\CCCCCCCCCCCC(=O)OCC(COC(=O)CCCCCCCCCCCCCCC)OC(=O)CC/C=C\C/C=C\CCCCCCCC. The van der Waals surface area contributed by atoms with E-state index < -0.39 is 6.10 Å². The maximum atomic E-state index is 12.8. The van der Waals surface area contributed by atoms with Crippen molar-refractivity contribution in [1.82, 2.24) is 0 Å². The first kappa shape index (κ1) is 60.1. The highest BCUT2D eigenvalue weighted by atomic mass is 16.6. The minimum absolute atomic E-state index is 0.0960. The fourth-order valence-corrected chi connectivity index (χ4v) is 7.51. The van der Waals surface area contributed by atoms with Gasteiger partial charge in [-0.15, -0.1) is 0 Å². The van der Waals surface area contributed by atoms with Gasteiger partial charge < -0.3 is 14.2 Å². The fourth-order valence-electron chi connectivity index (χ4n) is 7.51. The van der Waals surface area contributed by atoms with Gasteiger partial charge in [0, 0.05) is 19.3 Å². The number of esters is 3. The summed E-state index contributed by atoms with van der Waals surface area (Å²) in [4.78, 5) is 38.0. The second-order valence-electron chi connectivity index (χ2n) is 17.8. The summed E-state index contributed by atoms with van der Waals surface area (Å²) in [6.07, 6.45) is 63.6. The highest BCUT2D eigenvalue weighted by molar-refractivity contribution is 5.71. The molecular weight excluding hydrogens is 781 g/mol. The van der Waals surface area contributed by atoms with Crippen LogP contribution < -0.4 is 0 Å². The minimum Gasteiger partial charge on any atom is -0.462 e. The zero-order valence-electron chi connectivity index (χ0n) is 41.6. The van der Waals surface area contributed by atoms with Crippen LogP contribution >= 0.6 is 0 Å². The number of rotatable bonds is 48. The molecule has 0 amide bonds. The summed E-state index contributed by atoms with van der Waals surface area (Å²) in [5.74, 6) is -0.963. The van der Waals surface area contributed by atoms with E-state index in [2.05, 4.69) is 75.5 Å². The topological polar surface area (TPSA) is 78.9 Å². The highest BCUT2D eigenvalue weighted by Crippen LogP contribution is 2.15. The van der Waals surface area contributed by atoms with Crippen LogP contribution in [-0.2, 0) is 28.6 Å². The lowest BCUT2D eigenvalue weighted by atomic mass is 10.0. The summed E-state index contributed by atoms with van der Waals surface area (Å²) < 4.78 is 16.7. The molecule has 0 heterocycles. The Labute approximate surface area is 390 Å². The number of allylic oxidation sites excluding steroid dienone is 10. The first-order chi connectivity index (χ1) is 31.0. The minimum atomic E-state index is -0.804. The Kier molecular flexibility index (Phi) is 49.4. The largest absolute Gasteiger partial charge is 0.462 e. The summed E-state index contributed by atoms with van der Waals surface area (Å²) >= 11 is 0. The van der Waals surface area contributed by atoms with Gasteiger partial charge >= 0.3 is 17.9 Å². The van der Waals surface area contributed by atoms with Crippen LogP contribution in [0, 0.1) is 0 Å². The van der Waals surface area contributed by atoms with Crippen LogP contribution in [-0.4, -0.2) is 37.2 Å². The van der Waals surface area contributed by atoms with Gasteiger partial charge in [0.25, 0.3) is 0 Å². The molecule has 0 aliphatic heterocycles. The average Bonchev–Trinajstić information content (AvgIpc) is 3.28. The summed E-state index contributed by atoms with van der Waals surface area (Å²) in [7, 11) is 0. The first-order valence-electron chi connectivity index (χ1n) is 26.8. The Morgan fingerprint density at radius 2 is 0.651 bits per heavy atom. The molecule has 0 saturated heterocycles. The Morgan fingerprint density at radius 3 is 1.03 bits per heavy atom. The third kappa shape index (κ3) is 50.0. The number of ether oxygens (including phenoxy) is 3. The number of carbonyl (C=O) groups is 3. The normalized spacial score (nSPS) is 12.5. The van der Waals surface area contributed by atoms with Gasteiger partial charge in [-0.1, -0.05) is 236 Å². The third-order valence-electron chi connectivity index (χ3n) is 11.5. The Bertz CT molecular complexity index is 1150. The lowest BCUT2D eigenvalue weighted by molar-refractivity contribution is -0.166. The number of unbranched alkanes of at least 4 members (excludes halogenated alkanes) is 27. The Morgan fingerprint density at radius 1 is 0.333 bits per heavy atom. The molecule has 0 radical (unpaired) electrons. The van der Waals surface area contributed by atoms with E-state index in [-0.39, 0.29) is 37.5 Å². The predicted molar refractivity (Wildman–Crippen MR) is 270 cm³/mol. The van der Waals surface area contributed by atoms with Crippen molar-refractivity contribution in [3.8, 4) is 0 Å². The van der Waals surface area contributed by atoms with Crippen LogP contribution in [0.4, 0.5) is 0 Å². The van der Waals surface area contributed by atoms with E-state index in [4.69, 9.17) is 14.2 Å². The molecule has 0 aliphatic carbocycles. The van der Waals surface area contributed by atoms with E-state index in [0.717, 1.165) is 70.6 Å². The van der Waals surface area contributed by atoms with Crippen LogP contribution in [0.25, 0.3) is 0 Å². The number of hydrogen-bond donors (Lipinski definition) is 0. The van der Waals surface area contributed by atoms with Gasteiger partial charge in [0.15, 0.2) is 6.10 Å². The molecule has 1 unspecified atom stereocenters. The van der Waals surface area contributed by atoms with E-state index in [1.54, 1.807) is 0 Å². The molecule has 6 nitrogen and oxygen atoms in total. The summed E-state index contributed by atoms with van der Waals surface area (Å²) in [6, 6.07) is 0. The van der Waals surface area contributed by atoms with Crippen LogP contribution in [0.3, 0.4) is 0 Å². The maximum Gasteiger partial charge on any atom is 0.306 e. The predicted octanol–water partition coefficient (Wildman–Crippen LogP) is 17.6. The summed E-state index contributed by atoms with van der Waals surface area (Å²) in [6.45, 7) is 6.48. The van der Waals surface area contributed by atoms with Crippen molar-refractivity contribution in [2.75, 3.05) is 13.2 Å². The zero-order valence-corrected chi connectivity index (χ0v) is 41.6. The zero-order chi connectivity index (χ0) is 45.8. The van der Waals surface area contributed by atoms with Crippen molar-refractivity contribution >= 4 is 17.9 Å². The van der Waals surface area contributed by atoms with Crippen molar-refractivity contribution in [3.05, 3.63) is 60.8 Å². The standard InChI is InChI=1S/C57H100O6/c1-4-7-10-13-16-19-22-25-26-27-28-29-30-33-35-38-41-44-47-50-56(59)62-53-54(63-57(60)51-48-45-42-39-36-32-24-21-18-15-12-9-6-3)52-61-55(58)49-46-43-40-37-34-31-23-20-17-14-11-8-5-2/h7,10,16,19,25-26,32,36,42,45,54H,4-6,8-9,11-15,17-18,20-24,27-31,33-35,37-41,43-44,46-53H2,1-3H3/b10-7-,19-16-,26-25-,36-32-,45-42-. The molecule has 364 valence electrons. The molecule has 0 N–H and O–H groups in total. The van der Waals surface area contributed by atoms with E-state index in [0.29, 0.717) is 19.3 Å². The van der Waals surface area contributed by atoms with Gasteiger partial charge in [-0.25, -0.2) is 0 Å². The molecule has 0 aromatic heterocycles. The molecule has 1 atom stereocenters. The lowest BCUT2D eigenvalue weighted by Crippen LogP contribution is -2.30. The smallest absolute Gasteiger partial charge is 0.306 e. The molecule has 0 aromatic rings. The lowest BCUT2D eigenvalue weighted by Gasteiger charge is -2.18. The Balaban J connectivity index is 4.39. The summed E-state index contributed by atoms with van der Waals surface area (Å²) in [5, 5.41) is 0. The first-order valence-corrected chi connectivity index (χ1v) is 26.8. The van der Waals surface area contributed by atoms with Crippen molar-refractivity contribution in [2.24, 2.45) is 0 Å². The van der Waals surface area contributed by atoms with E-state index >= 15 is 0 Å². The van der Waals surface area contributed by atoms with Crippen LogP contribution in [0.5, 0.6) is 0 Å². The molecule has 0 aromatic carbocycles. The number of carbonyl (C=O) groups excluding carboxylic acids is 3. The second-order valence-corrected chi connectivity index (χ2v) is 17.8. The molecular formula is C57H100O6. The van der Waals surface area contributed by atoms with Gasteiger partial charge in [-0.2, -0.15) is 0 Å². The molecule has 0 fully saturated rings. The molecule has 0 saturated carbocycles. The van der Waals surface area contributed by atoms with Crippen molar-refractivity contribution in [2.45, 2.75) is 271 Å². The van der Waals surface area contributed by atoms with Crippen LogP contribution in [0.2, 0.25) is 0 Å². The third-order valence-corrected chi connectivity index (χ3v) is 11.5. The molecule has 0 bridgehead atoms. The maximum absolute atomic E-state index is 12.8. The molecule has 0 aliphatic rings. The van der Waals surface area contributed by atoms with Gasteiger partial charge in [-0.05, 0) is 70.6 Å². The number of hydrogen-bond acceptors (Lipinski definition) is 6. The van der Waals surface area contributed by atoms with Crippen molar-refractivity contribution in [1.29, 1.82) is 0 Å². The summed E-state index contributed by atoms with van der Waals surface area (Å²) in [5.41, 5.74) is 0. The van der Waals surface area contributed by atoms with E-state index in [9.17, 15) is 14.4 Å². The average molecular weight is 881 g/mol. The van der Waals surface area contributed by atoms with E-state index in [1.807, 2.05) is 6.08 Å². The molecule has 0 spiro atoms. The fraction of sp³-hybridized carbons (Fsp3) is 0.772. The van der Waals surface area contributed by atoms with Gasteiger partial charge in [-0.3, -0.25) is 14.4 Å². The van der Waals surface area contributed by atoms with Crippen molar-refractivity contribution < 1.29 is 28.6 Å². The van der Waals surface area contributed by atoms with E-state index in [1.165, 1.54) is 148 Å². The molecule has 63 heavy (non-hydrogen) atoms.